The van der Waals surface area contributed by atoms with Crippen molar-refractivity contribution >= 4 is 46.3 Å². The van der Waals surface area contributed by atoms with Gasteiger partial charge in [-0.3, -0.25) is 9.78 Å². The lowest BCUT2D eigenvalue weighted by Gasteiger charge is -2.12. The van der Waals surface area contributed by atoms with Crippen LogP contribution in [0.25, 0.3) is 16.9 Å². The summed E-state index contributed by atoms with van der Waals surface area (Å²) in [6.07, 6.45) is 5.83. The molecule has 2 N–H and O–H groups in total. The van der Waals surface area contributed by atoms with Gasteiger partial charge in [-0.15, -0.1) is 0 Å². The van der Waals surface area contributed by atoms with Crippen LogP contribution in [-0.4, -0.2) is 25.5 Å². The van der Waals surface area contributed by atoms with Crippen molar-refractivity contribution in [2.24, 2.45) is 0 Å². The van der Waals surface area contributed by atoms with Crippen molar-refractivity contribution in [2.45, 2.75) is 25.3 Å². The molecule has 1 amide bonds. The molecule has 0 atom stereocenters. The van der Waals surface area contributed by atoms with Gasteiger partial charge in [-0.1, -0.05) is 29.3 Å². The Kier molecular flexibility index (Phi) is 6.24. The highest BCUT2D eigenvalue weighted by Crippen LogP contribution is 2.40. The summed E-state index contributed by atoms with van der Waals surface area (Å²) in [5, 5.41) is 12.2. The average Bonchev–Trinajstić information content (AvgIpc) is 3.68. The second-order valence-electron chi connectivity index (χ2n) is 8.96. The summed E-state index contributed by atoms with van der Waals surface area (Å²) >= 11 is 12.4. The third kappa shape index (κ3) is 5.01. The van der Waals surface area contributed by atoms with Crippen molar-refractivity contribution < 1.29 is 4.79 Å². The highest BCUT2D eigenvalue weighted by Gasteiger charge is 2.27. The van der Waals surface area contributed by atoms with Crippen LogP contribution in [0.1, 0.15) is 40.4 Å². The molecule has 1 fully saturated rings. The maximum atomic E-state index is 12.7. The van der Waals surface area contributed by atoms with Crippen molar-refractivity contribution in [2.75, 3.05) is 5.32 Å². The Bertz CT molecular complexity index is 1580. The van der Waals surface area contributed by atoms with Crippen LogP contribution in [0.15, 0.2) is 79.1 Å². The molecule has 3 heterocycles. The van der Waals surface area contributed by atoms with Crippen LogP contribution < -0.4 is 10.6 Å². The van der Waals surface area contributed by atoms with Crippen LogP contribution in [0.3, 0.4) is 0 Å². The Hall–Kier alpha value is -3.94. The zero-order valence-electron chi connectivity index (χ0n) is 19.7. The van der Waals surface area contributed by atoms with E-state index in [9.17, 15) is 4.79 Å². The third-order valence-corrected chi connectivity index (χ3v) is 7.03. The minimum absolute atomic E-state index is 0.213. The minimum atomic E-state index is -0.213. The Morgan fingerprint density at radius 1 is 0.973 bits per heavy atom. The number of carbonyl (C=O) groups excluding carboxylic acids is 1. The van der Waals surface area contributed by atoms with Gasteiger partial charge in [0, 0.05) is 69.4 Å². The molecule has 6 rings (SSSR count). The predicted octanol–water partition coefficient (Wildman–Crippen LogP) is 6.65. The fourth-order valence-corrected chi connectivity index (χ4v) is 4.69. The van der Waals surface area contributed by atoms with Gasteiger partial charge >= 0.3 is 0 Å². The van der Waals surface area contributed by atoms with Gasteiger partial charge in [-0.05, 0) is 61.4 Å². The maximum absolute atomic E-state index is 12.7. The van der Waals surface area contributed by atoms with E-state index in [0.717, 1.165) is 46.9 Å². The normalized spacial score (nSPS) is 13.0. The van der Waals surface area contributed by atoms with E-state index in [1.807, 2.05) is 34.8 Å². The monoisotopic (exact) mass is 528 g/mol. The zero-order chi connectivity index (χ0) is 25.4. The topological polar surface area (TPSA) is 84.2 Å². The first-order valence-corrected chi connectivity index (χ1v) is 12.7. The smallest absolute Gasteiger partial charge is 0.251 e. The van der Waals surface area contributed by atoms with Gasteiger partial charge in [-0.2, -0.15) is 9.61 Å². The molecule has 0 spiro atoms. The lowest BCUT2D eigenvalue weighted by Crippen LogP contribution is -2.23. The number of amides is 1. The van der Waals surface area contributed by atoms with Crippen molar-refractivity contribution in [3.8, 4) is 11.3 Å². The van der Waals surface area contributed by atoms with Gasteiger partial charge in [0.25, 0.3) is 5.91 Å². The molecule has 7 nitrogen and oxygen atoms in total. The SMILES string of the molecule is O=C(NCc1c(Cl)cccc1Cl)c1ccc(Nc2cc(-c3ccncc3)nc3cc(C4CC4)nn23)cc1. The first-order valence-electron chi connectivity index (χ1n) is 11.9. The average molecular weight is 529 g/mol. The molecule has 1 saturated carbocycles. The van der Waals surface area contributed by atoms with Crippen LogP contribution in [-0.2, 0) is 6.54 Å². The van der Waals surface area contributed by atoms with Crippen LogP contribution in [0.4, 0.5) is 11.5 Å². The number of nitrogens with one attached hydrogen (secondary N) is 2. The molecule has 1 aliphatic carbocycles. The second-order valence-corrected chi connectivity index (χ2v) is 9.78. The lowest BCUT2D eigenvalue weighted by atomic mass is 10.1. The molecule has 9 heteroatoms. The standard InChI is InChI=1S/C28H22Cl2N6O/c29-22-2-1-3-23(30)21(22)16-32-28(37)19-6-8-20(9-7-19)33-26-14-24(18-10-12-31-13-11-18)34-27-15-25(17-4-5-17)35-36(26)27/h1-3,6-15,17,33H,4-5,16H2,(H,32,37). The molecule has 1 aliphatic rings. The van der Waals surface area contributed by atoms with Crippen LogP contribution in [0.2, 0.25) is 10.0 Å². The molecule has 2 aromatic carbocycles. The van der Waals surface area contributed by atoms with E-state index >= 15 is 0 Å². The number of carbonyl (C=O) groups is 1. The summed E-state index contributed by atoms with van der Waals surface area (Å²) in [5.41, 5.74) is 5.69. The second kappa shape index (κ2) is 9.84. The van der Waals surface area contributed by atoms with Gasteiger partial charge in [0.05, 0.1) is 11.4 Å². The Labute approximate surface area is 223 Å². The zero-order valence-corrected chi connectivity index (χ0v) is 21.2. The molecule has 184 valence electrons. The number of fused-ring (bicyclic) bond motifs is 1. The van der Waals surface area contributed by atoms with Crippen LogP contribution in [0.5, 0.6) is 0 Å². The molecule has 37 heavy (non-hydrogen) atoms. The molecule has 0 radical (unpaired) electrons. The lowest BCUT2D eigenvalue weighted by molar-refractivity contribution is 0.0951. The van der Waals surface area contributed by atoms with Gasteiger partial charge in [0.15, 0.2) is 5.65 Å². The maximum Gasteiger partial charge on any atom is 0.251 e. The predicted molar refractivity (Wildman–Crippen MR) is 146 cm³/mol. The quantitative estimate of drug-likeness (QED) is 0.247. The molecule has 0 unspecified atom stereocenters. The van der Waals surface area contributed by atoms with Gasteiger partial charge in [-0.25, -0.2) is 4.98 Å². The number of anilines is 2. The molecular formula is C28H22Cl2N6O. The van der Waals surface area contributed by atoms with Crippen molar-refractivity contribution in [3.05, 3.63) is 106 Å². The van der Waals surface area contributed by atoms with Crippen LogP contribution >= 0.6 is 23.2 Å². The minimum Gasteiger partial charge on any atom is -0.348 e. The number of aromatic nitrogens is 4. The summed E-state index contributed by atoms with van der Waals surface area (Å²) in [6.45, 7) is 0.243. The number of benzene rings is 2. The summed E-state index contributed by atoms with van der Waals surface area (Å²) in [7, 11) is 0. The number of halogens is 2. The van der Waals surface area contributed by atoms with E-state index < -0.39 is 0 Å². The highest BCUT2D eigenvalue weighted by molar-refractivity contribution is 6.36. The van der Waals surface area contributed by atoms with Crippen molar-refractivity contribution in [1.29, 1.82) is 0 Å². The number of pyridine rings is 1. The Morgan fingerprint density at radius 2 is 1.70 bits per heavy atom. The summed E-state index contributed by atoms with van der Waals surface area (Å²) < 4.78 is 1.84. The van der Waals surface area contributed by atoms with E-state index in [1.165, 1.54) is 0 Å². The van der Waals surface area contributed by atoms with Crippen LogP contribution in [0, 0.1) is 0 Å². The molecule has 0 bridgehead atoms. The van der Waals surface area contributed by atoms with E-state index in [1.54, 1.807) is 42.7 Å². The van der Waals surface area contributed by atoms with Gasteiger partial charge in [0.1, 0.15) is 5.82 Å². The fourth-order valence-electron chi connectivity index (χ4n) is 4.16. The first-order chi connectivity index (χ1) is 18.0. The first kappa shape index (κ1) is 23.5. The number of rotatable bonds is 7. The largest absolute Gasteiger partial charge is 0.348 e. The number of hydrogen-bond acceptors (Lipinski definition) is 5. The van der Waals surface area contributed by atoms with E-state index in [4.69, 9.17) is 33.3 Å². The van der Waals surface area contributed by atoms with Gasteiger partial charge in [0.2, 0.25) is 0 Å². The molecule has 3 aromatic heterocycles. The summed E-state index contributed by atoms with van der Waals surface area (Å²) in [6, 6.07) is 20.4. The fraction of sp³-hybridized carbons (Fsp3) is 0.143. The summed E-state index contributed by atoms with van der Waals surface area (Å²) in [5.74, 6) is 1.08. The number of hydrogen-bond donors (Lipinski definition) is 2. The Balaban J connectivity index is 1.24. The molecule has 0 saturated heterocycles. The third-order valence-electron chi connectivity index (χ3n) is 6.32. The van der Waals surface area contributed by atoms with E-state index in [2.05, 4.69) is 21.7 Å². The van der Waals surface area contributed by atoms with E-state index in [-0.39, 0.29) is 12.5 Å². The molecule has 5 aromatic rings. The van der Waals surface area contributed by atoms with E-state index in [0.29, 0.717) is 27.1 Å². The summed E-state index contributed by atoms with van der Waals surface area (Å²) in [4.78, 5) is 21.7. The van der Waals surface area contributed by atoms with Crippen molar-refractivity contribution in [3.63, 3.8) is 0 Å². The number of nitrogens with zero attached hydrogens (tertiary/aromatic N) is 4. The van der Waals surface area contributed by atoms with Crippen molar-refractivity contribution in [1.82, 2.24) is 24.9 Å². The highest BCUT2D eigenvalue weighted by atomic mass is 35.5. The Morgan fingerprint density at radius 3 is 2.41 bits per heavy atom. The van der Waals surface area contributed by atoms with Gasteiger partial charge < -0.3 is 10.6 Å². The molecular weight excluding hydrogens is 507 g/mol. The molecule has 0 aliphatic heterocycles.